The van der Waals surface area contributed by atoms with Gasteiger partial charge in [0.2, 0.25) is 0 Å². The SMILES string of the molecule is CN[C@H]1C(C)[C@@H]1NC. The van der Waals surface area contributed by atoms with Gasteiger partial charge in [-0.2, -0.15) is 0 Å². The normalized spacial score (nSPS) is 44.6. The largest absolute Gasteiger partial charge is 0.315 e. The first kappa shape index (κ1) is 6.05. The predicted molar refractivity (Wildman–Crippen MR) is 34.9 cm³/mol. The molecule has 0 spiro atoms. The van der Waals surface area contributed by atoms with Crippen LogP contribution in [0.5, 0.6) is 0 Å². The lowest BCUT2D eigenvalue weighted by Crippen LogP contribution is -2.21. The first-order chi connectivity index (χ1) is 3.81. The molecule has 0 unspecified atom stereocenters. The van der Waals surface area contributed by atoms with E-state index in [0.717, 1.165) is 18.0 Å². The summed E-state index contributed by atoms with van der Waals surface area (Å²) in [7, 11) is 4.02. The summed E-state index contributed by atoms with van der Waals surface area (Å²) >= 11 is 0. The minimum atomic E-state index is 0.722. The highest BCUT2D eigenvalue weighted by atomic mass is 15.1. The molecule has 0 amide bonds. The summed E-state index contributed by atoms with van der Waals surface area (Å²) in [5.74, 6) is 0.824. The predicted octanol–water partition coefficient (Wildman–Crippen LogP) is -0.188. The Morgan fingerprint density at radius 2 is 1.38 bits per heavy atom. The molecule has 2 heteroatoms. The zero-order chi connectivity index (χ0) is 6.15. The fourth-order valence-corrected chi connectivity index (χ4v) is 1.35. The standard InChI is InChI=1S/C6H14N2/c1-4-5(7-2)6(4)8-3/h4-8H,1-3H3/t5-,6-/m0/s1. The van der Waals surface area contributed by atoms with Crippen LogP contribution >= 0.6 is 0 Å². The van der Waals surface area contributed by atoms with E-state index in [9.17, 15) is 0 Å². The molecule has 1 aliphatic rings. The summed E-state index contributed by atoms with van der Waals surface area (Å²) in [5, 5.41) is 6.45. The molecule has 0 aromatic rings. The summed E-state index contributed by atoms with van der Waals surface area (Å²) in [5.41, 5.74) is 0. The third-order valence-electron chi connectivity index (χ3n) is 2.05. The Hall–Kier alpha value is -0.0800. The Kier molecular flexibility index (Phi) is 1.54. The van der Waals surface area contributed by atoms with Crippen LogP contribution in [0.4, 0.5) is 0 Å². The van der Waals surface area contributed by atoms with Crippen molar-refractivity contribution in [1.29, 1.82) is 0 Å². The van der Waals surface area contributed by atoms with Crippen molar-refractivity contribution in [3.63, 3.8) is 0 Å². The highest BCUT2D eigenvalue weighted by molar-refractivity contribution is 5.05. The zero-order valence-electron chi connectivity index (χ0n) is 5.73. The van der Waals surface area contributed by atoms with Gasteiger partial charge in [0.05, 0.1) is 0 Å². The second-order valence-electron chi connectivity index (χ2n) is 2.49. The van der Waals surface area contributed by atoms with E-state index in [4.69, 9.17) is 0 Å². The second kappa shape index (κ2) is 2.03. The molecule has 8 heavy (non-hydrogen) atoms. The number of likely N-dealkylation sites (N-methyl/N-ethyl adjacent to an activating group) is 2. The smallest absolute Gasteiger partial charge is 0.0262 e. The summed E-state index contributed by atoms with van der Waals surface area (Å²) < 4.78 is 0. The number of hydrogen-bond acceptors (Lipinski definition) is 2. The molecular weight excluding hydrogens is 100 g/mol. The van der Waals surface area contributed by atoms with Gasteiger partial charge in [0.1, 0.15) is 0 Å². The van der Waals surface area contributed by atoms with Crippen molar-refractivity contribution in [1.82, 2.24) is 10.6 Å². The molecule has 0 bridgehead atoms. The van der Waals surface area contributed by atoms with Crippen LogP contribution in [0.15, 0.2) is 0 Å². The fraction of sp³-hybridized carbons (Fsp3) is 1.00. The van der Waals surface area contributed by atoms with Gasteiger partial charge in [0.25, 0.3) is 0 Å². The van der Waals surface area contributed by atoms with E-state index in [0.29, 0.717) is 0 Å². The van der Waals surface area contributed by atoms with Gasteiger partial charge in [-0.1, -0.05) is 6.92 Å². The van der Waals surface area contributed by atoms with E-state index >= 15 is 0 Å². The highest BCUT2D eigenvalue weighted by Gasteiger charge is 2.44. The van der Waals surface area contributed by atoms with Crippen LogP contribution in [0.2, 0.25) is 0 Å². The molecular formula is C6H14N2. The highest BCUT2D eigenvalue weighted by Crippen LogP contribution is 2.29. The van der Waals surface area contributed by atoms with Crippen molar-refractivity contribution in [3.05, 3.63) is 0 Å². The Balaban J connectivity index is 2.23. The first-order valence-corrected chi connectivity index (χ1v) is 3.15. The van der Waals surface area contributed by atoms with Crippen molar-refractivity contribution in [2.24, 2.45) is 5.92 Å². The van der Waals surface area contributed by atoms with Crippen molar-refractivity contribution < 1.29 is 0 Å². The van der Waals surface area contributed by atoms with E-state index in [-0.39, 0.29) is 0 Å². The quantitative estimate of drug-likeness (QED) is 0.520. The summed E-state index contributed by atoms with van der Waals surface area (Å²) in [4.78, 5) is 0. The molecule has 0 radical (unpaired) electrons. The van der Waals surface area contributed by atoms with Gasteiger partial charge in [-0.15, -0.1) is 0 Å². The molecule has 0 saturated heterocycles. The molecule has 1 fully saturated rings. The van der Waals surface area contributed by atoms with Crippen molar-refractivity contribution >= 4 is 0 Å². The van der Waals surface area contributed by atoms with E-state index in [1.165, 1.54) is 0 Å². The number of hydrogen-bond donors (Lipinski definition) is 2. The van der Waals surface area contributed by atoms with Crippen LogP contribution in [0.1, 0.15) is 6.92 Å². The van der Waals surface area contributed by atoms with Gasteiger partial charge >= 0.3 is 0 Å². The number of rotatable bonds is 2. The van der Waals surface area contributed by atoms with Crippen LogP contribution in [-0.4, -0.2) is 26.2 Å². The third kappa shape index (κ3) is 0.740. The minimum Gasteiger partial charge on any atom is -0.315 e. The van der Waals surface area contributed by atoms with Crippen LogP contribution in [0.25, 0.3) is 0 Å². The van der Waals surface area contributed by atoms with Crippen molar-refractivity contribution in [2.75, 3.05) is 14.1 Å². The van der Waals surface area contributed by atoms with E-state index in [2.05, 4.69) is 17.6 Å². The minimum absolute atomic E-state index is 0.722. The molecule has 0 aromatic heterocycles. The van der Waals surface area contributed by atoms with Crippen molar-refractivity contribution in [2.45, 2.75) is 19.0 Å². The maximum atomic E-state index is 3.23. The molecule has 0 heterocycles. The maximum Gasteiger partial charge on any atom is 0.0262 e. The zero-order valence-corrected chi connectivity index (χ0v) is 5.73. The monoisotopic (exact) mass is 114 g/mol. The van der Waals surface area contributed by atoms with Crippen LogP contribution in [-0.2, 0) is 0 Å². The van der Waals surface area contributed by atoms with Gasteiger partial charge in [0, 0.05) is 12.1 Å². The van der Waals surface area contributed by atoms with Gasteiger partial charge in [-0.25, -0.2) is 0 Å². The van der Waals surface area contributed by atoms with E-state index in [1.807, 2.05) is 14.1 Å². The van der Waals surface area contributed by atoms with Crippen LogP contribution < -0.4 is 10.6 Å². The lowest BCUT2D eigenvalue weighted by atomic mass is 10.5. The van der Waals surface area contributed by atoms with Gasteiger partial charge in [-0.3, -0.25) is 0 Å². The fourth-order valence-electron chi connectivity index (χ4n) is 1.35. The molecule has 1 aliphatic carbocycles. The summed E-state index contributed by atoms with van der Waals surface area (Å²) in [6, 6.07) is 1.44. The molecule has 1 saturated carbocycles. The lowest BCUT2D eigenvalue weighted by molar-refractivity contribution is 0.708. The molecule has 0 aliphatic heterocycles. The molecule has 2 atom stereocenters. The summed E-state index contributed by atoms with van der Waals surface area (Å²) in [6.45, 7) is 2.25. The lowest BCUT2D eigenvalue weighted by Gasteiger charge is -1.91. The maximum absolute atomic E-state index is 3.23. The molecule has 0 aromatic carbocycles. The molecule has 2 nitrogen and oxygen atoms in total. The Labute approximate surface area is 50.7 Å². The topological polar surface area (TPSA) is 24.1 Å². The van der Waals surface area contributed by atoms with Gasteiger partial charge in [-0.05, 0) is 20.0 Å². The van der Waals surface area contributed by atoms with E-state index in [1.54, 1.807) is 0 Å². The van der Waals surface area contributed by atoms with Gasteiger partial charge in [0.15, 0.2) is 0 Å². The Morgan fingerprint density at radius 3 is 1.50 bits per heavy atom. The van der Waals surface area contributed by atoms with E-state index < -0.39 is 0 Å². The summed E-state index contributed by atoms with van der Waals surface area (Å²) in [6.07, 6.45) is 0. The molecule has 1 rings (SSSR count). The van der Waals surface area contributed by atoms with Crippen molar-refractivity contribution in [3.8, 4) is 0 Å². The first-order valence-electron chi connectivity index (χ1n) is 3.15. The van der Waals surface area contributed by atoms with Crippen LogP contribution in [0, 0.1) is 5.92 Å². The number of nitrogens with one attached hydrogen (secondary N) is 2. The van der Waals surface area contributed by atoms with Gasteiger partial charge < -0.3 is 10.6 Å². The Morgan fingerprint density at radius 1 is 1.00 bits per heavy atom. The second-order valence-corrected chi connectivity index (χ2v) is 2.49. The molecule has 2 N–H and O–H groups in total. The molecule has 48 valence electrons. The average molecular weight is 114 g/mol. The average Bonchev–Trinajstić information content (AvgIpc) is 2.40. The Bertz CT molecular complexity index is 72.6. The third-order valence-corrected chi connectivity index (χ3v) is 2.05. The van der Waals surface area contributed by atoms with Crippen LogP contribution in [0.3, 0.4) is 0 Å².